The Morgan fingerprint density at radius 1 is 1.12 bits per heavy atom. The maximum Gasteiger partial charge on any atom is 0.325 e. The molecule has 5 rings (SSSR count). The van der Waals surface area contributed by atoms with Crippen LogP contribution in [0.3, 0.4) is 0 Å². The second-order valence-corrected chi connectivity index (χ2v) is 8.92. The van der Waals surface area contributed by atoms with Gasteiger partial charge in [0.25, 0.3) is 0 Å². The van der Waals surface area contributed by atoms with E-state index in [9.17, 15) is 9.59 Å². The second kappa shape index (κ2) is 5.58. The molecular weight excluding hydrogens is 314 g/mol. The number of benzene rings is 1. The molecule has 2 N–H and O–H groups in total. The maximum atomic E-state index is 13.1. The van der Waals surface area contributed by atoms with E-state index in [1.165, 1.54) is 30.4 Å². The zero-order chi connectivity index (χ0) is 17.8. The summed E-state index contributed by atoms with van der Waals surface area (Å²) in [5.74, 6) is 0.182. The van der Waals surface area contributed by atoms with Gasteiger partial charge >= 0.3 is 5.97 Å². The van der Waals surface area contributed by atoms with Gasteiger partial charge in [-0.3, -0.25) is 9.59 Å². The van der Waals surface area contributed by atoms with E-state index in [2.05, 4.69) is 36.5 Å². The zero-order valence-corrected chi connectivity index (χ0v) is 15.0. The van der Waals surface area contributed by atoms with Crippen LogP contribution in [-0.4, -0.2) is 23.0 Å². The van der Waals surface area contributed by atoms with Crippen LogP contribution in [-0.2, 0) is 15.0 Å². The first-order valence-electron chi connectivity index (χ1n) is 9.43. The molecule has 4 bridgehead atoms. The summed E-state index contributed by atoms with van der Waals surface area (Å²) in [7, 11) is 0. The third-order valence-corrected chi connectivity index (χ3v) is 6.92. The summed E-state index contributed by atoms with van der Waals surface area (Å²) in [6, 6.07) is 8.01. The summed E-state index contributed by atoms with van der Waals surface area (Å²) >= 11 is 0. The minimum atomic E-state index is -0.966. The van der Waals surface area contributed by atoms with Crippen molar-refractivity contribution in [2.24, 2.45) is 17.3 Å². The highest BCUT2D eigenvalue weighted by Gasteiger charge is 2.61. The van der Waals surface area contributed by atoms with Gasteiger partial charge in [-0.1, -0.05) is 29.8 Å². The van der Waals surface area contributed by atoms with Crippen molar-refractivity contribution in [2.45, 2.75) is 63.8 Å². The Labute approximate surface area is 149 Å². The first-order valence-corrected chi connectivity index (χ1v) is 9.43. The highest BCUT2D eigenvalue weighted by Crippen LogP contribution is 2.65. The predicted molar refractivity (Wildman–Crippen MR) is 95.2 cm³/mol. The van der Waals surface area contributed by atoms with Gasteiger partial charge in [-0.25, -0.2) is 0 Å². The number of hydrogen-bond acceptors (Lipinski definition) is 2. The van der Waals surface area contributed by atoms with Crippen LogP contribution in [0.4, 0.5) is 0 Å². The number of amides is 1. The highest BCUT2D eigenvalue weighted by atomic mass is 16.4. The Bertz CT molecular complexity index is 694. The lowest BCUT2D eigenvalue weighted by atomic mass is 9.42. The average Bonchev–Trinajstić information content (AvgIpc) is 2.53. The molecule has 134 valence electrons. The molecule has 4 aliphatic rings. The summed E-state index contributed by atoms with van der Waals surface area (Å²) in [4.78, 5) is 24.2. The van der Waals surface area contributed by atoms with E-state index in [1.54, 1.807) is 6.92 Å². The van der Waals surface area contributed by atoms with E-state index in [1.807, 2.05) is 0 Å². The number of carbonyl (C=O) groups is 2. The lowest BCUT2D eigenvalue weighted by Gasteiger charge is -2.61. The molecule has 4 nitrogen and oxygen atoms in total. The monoisotopic (exact) mass is 341 g/mol. The van der Waals surface area contributed by atoms with Gasteiger partial charge in [0, 0.05) is 0 Å². The quantitative estimate of drug-likeness (QED) is 0.882. The lowest BCUT2D eigenvalue weighted by molar-refractivity contribution is -0.153. The molecule has 1 amide bonds. The molecule has 1 aromatic rings. The number of aliphatic carboxylic acids is 1. The lowest BCUT2D eigenvalue weighted by Crippen LogP contribution is -2.60. The summed E-state index contributed by atoms with van der Waals surface area (Å²) in [5.41, 5.74) is 2.35. The van der Waals surface area contributed by atoms with E-state index < -0.39 is 12.0 Å². The number of carboxylic acid groups (broad SMARTS) is 1. The van der Waals surface area contributed by atoms with Crippen molar-refractivity contribution in [1.82, 2.24) is 5.32 Å². The van der Waals surface area contributed by atoms with Crippen molar-refractivity contribution in [3.05, 3.63) is 35.4 Å². The number of rotatable bonds is 4. The summed E-state index contributed by atoms with van der Waals surface area (Å²) in [5, 5.41) is 11.9. The van der Waals surface area contributed by atoms with Gasteiger partial charge in [0.2, 0.25) is 5.91 Å². The van der Waals surface area contributed by atoms with Crippen molar-refractivity contribution >= 4 is 11.9 Å². The summed E-state index contributed by atoms with van der Waals surface area (Å²) in [6.07, 6.45) is 6.31. The van der Waals surface area contributed by atoms with Gasteiger partial charge in [0.05, 0.1) is 5.41 Å². The molecule has 4 saturated carbocycles. The first-order chi connectivity index (χ1) is 11.8. The SMILES string of the molecule is Cc1ccc(C23C[C@H]4C[C@@H](CC(C(=O)N[C@H](C)C(=O)O)(C4)C2)C3)cc1. The van der Waals surface area contributed by atoms with Crippen LogP contribution < -0.4 is 5.32 Å². The molecule has 4 heteroatoms. The molecule has 0 spiro atoms. The topological polar surface area (TPSA) is 66.4 Å². The van der Waals surface area contributed by atoms with Gasteiger partial charge in [0.15, 0.2) is 0 Å². The fourth-order valence-electron chi connectivity index (χ4n) is 6.18. The Balaban J connectivity index is 1.66. The fraction of sp³-hybridized carbons (Fsp3) is 0.619. The smallest absolute Gasteiger partial charge is 0.325 e. The fourth-order valence-corrected chi connectivity index (χ4v) is 6.18. The summed E-state index contributed by atoms with van der Waals surface area (Å²) < 4.78 is 0. The van der Waals surface area contributed by atoms with Gasteiger partial charge in [-0.15, -0.1) is 0 Å². The number of carboxylic acids is 1. The first kappa shape index (κ1) is 16.6. The van der Waals surface area contributed by atoms with Crippen molar-refractivity contribution in [3.63, 3.8) is 0 Å². The average molecular weight is 341 g/mol. The normalized spacial score (nSPS) is 36.9. The number of nitrogens with one attached hydrogen (secondary N) is 1. The highest BCUT2D eigenvalue weighted by molar-refractivity contribution is 5.87. The number of carbonyl (C=O) groups excluding carboxylic acids is 1. The molecular formula is C21H27NO3. The van der Waals surface area contributed by atoms with E-state index in [-0.39, 0.29) is 16.7 Å². The standard InChI is InChI=1S/C21H27NO3/c1-13-3-5-17(6-4-13)20-8-15-7-16(9-20)11-21(10-15,12-20)19(25)22-14(2)18(23)24/h3-6,14-16H,7-12H2,1-2H3,(H,22,25)(H,23,24)/t14-,15-,16-,20?,21?/m1/s1. The van der Waals surface area contributed by atoms with Crippen LogP contribution in [0.2, 0.25) is 0 Å². The Morgan fingerprint density at radius 2 is 1.72 bits per heavy atom. The molecule has 4 aliphatic carbocycles. The molecule has 1 aromatic carbocycles. The molecule has 0 radical (unpaired) electrons. The predicted octanol–water partition coefficient (Wildman–Crippen LogP) is 3.42. The van der Waals surface area contributed by atoms with Crippen molar-refractivity contribution in [3.8, 4) is 0 Å². The van der Waals surface area contributed by atoms with Gasteiger partial charge in [-0.05, 0) is 75.2 Å². The Morgan fingerprint density at radius 3 is 2.28 bits per heavy atom. The second-order valence-electron chi connectivity index (χ2n) is 8.92. The van der Waals surface area contributed by atoms with Crippen LogP contribution in [0, 0.1) is 24.2 Å². The van der Waals surface area contributed by atoms with Crippen LogP contribution >= 0.6 is 0 Å². The number of aryl methyl sites for hydroxylation is 1. The minimum Gasteiger partial charge on any atom is -0.480 e. The molecule has 0 saturated heterocycles. The van der Waals surface area contributed by atoms with Crippen LogP contribution in [0.5, 0.6) is 0 Å². The van der Waals surface area contributed by atoms with E-state index in [0.29, 0.717) is 11.8 Å². The van der Waals surface area contributed by atoms with Crippen molar-refractivity contribution in [2.75, 3.05) is 0 Å². The van der Waals surface area contributed by atoms with Gasteiger partial charge in [0.1, 0.15) is 6.04 Å². The van der Waals surface area contributed by atoms with Crippen LogP contribution in [0.15, 0.2) is 24.3 Å². The maximum absolute atomic E-state index is 13.1. The minimum absolute atomic E-state index is 0.0343. The molecule has 0 aromatic heterocycles. The molecule has 0 unspecified atom stereocenters. The Hall–Kier alpha value is -1.84. The van der Waals surface area contributed by atoms with E-state index in [4.69, 9.17) is 5.11 Å². The summed E-state index contributed by atoms with van der Waals surface area (Å²) in [6.45, 7) is 3.65. The molecule has 0 aliphatic heterocycles. The molecule has 0 heterocycles. The van der Waals surface area contributed by atoms with Crippen molar-refractivity contribution < 1.29 is 14.7 Å². The van der Waals surface area contributed by atoms with Gasteiger partial charge in [-0.2, -0.15) is 0 Å². The van der Waals surface area contributed by atoms with Crippen LogP contribution in [0.25, 0.3) is 0 Å². The third kappa shape index (κ3) is 2.66. The molecule has 3 atom stereocenters. The molecule has 4 fully saturated rings. The van der Waals surface area contributed by atoms with E-state index in [0.717, 1.165) is 19.3 Å². The van der Waals surface area contributed by atoms with Gasteiger partial charge < -0.3 is 10.4 Å². The molecule has 25 heavy (non-hydrogen) atoms. The number of hydrogen-bond donors (Lipinski definition) is 2. The van der Waals surface area contributed by atoms with E-state index >= 15 is 0 Å². The Kier molecular flexibility index (Phi) is 3.71. The third-order valence-electron chi connectivity index (χ3n) is 6.92. The largest absolute Gasteiger partial charge is 0.480 e. The zero-order valence-electron chi connectivity index (χ0n) is 15.0. The van der Waals surface area contributed by atoms with Crippen LogP contribution in [0.1, 0.15) is 56.6 Å². The van der Waals surface area contributed by atoms with Crippen molar-refractivity contribution in [1.29, 1.82) is 0 Å².